The van der Waals surface area contributed by atoms with Crippen molar-refractivity contribution in [1.82, 2.24) is 20.0 Å². The van der Waals surface area contributed by atoms with Crippen LogP contribution in [0.4, 0.5) is 0 Å². The van der Waals surface area contributed by atoms with E-state index in [1.54, 1.807) is 29.0 Å². The monoisotopic (exact) mass is 306 g/mol. The third-order valence-electron chi connectivity index (χ3n) is 3.21. The summed E-state index contributed by atoms with van der Waals surface area (Å²) in [6.07, 6.45) is 3.34. The summed E-state index contributed by atoms with van der Waals surface area (Å²) >= 11 is 6.13. The van der Waals surface area contributed by atoms with Crippen molar-refractivity contribution in [1.29, 1.82) is 0 Å². The predicted molar refractivity (Wildman–Crippen MR) is 83.7 cm³/mol. The van der Waals surface area contributed by atoms with Crippen LogP contribution in [0.5, 0.6) is 0 Å². The van der Waals surface area contributed by atoms with Gasteiger partial charge in [-0.3, -0.25) is 9.48 Å². The number of hydrogen-bond acceptors (Lipinski definition) is 3. The molecule has 0 atom stereocenters. The van der Waals surface area contributed by atoms with Gasteiger partial charge in [0.05, 0.1) is 18.3 Å². The molecule has 1 aromatic carbocycles. The number of carbonyl (C=O) groups excluding carboxylic acids is 1. The van der Waals surface area contributed by atoms with Gasteiger partial charge in [-0.2, -0.15) is 5.10 Å². The lowest BCUT2D eigenvalue weighted by atomic mass is 10.2. The molecule has 1 heterocycles. The standard InChI is InChI=1S/C15H19ClN4O/c1-17-7-8-19(2)15(21)13-9-18-20(11-13)10-12-5-3-4-6-14(12)16/h3-6,9,11,17H,7-8,10H2,1-2H3. The van der Waals surface area contributed by atoms with Crippen LogP contribution in [0.25, 0.3) is 0 Å². The summed E-state index contributed by atoms with van der Waals surface area (Å²) in [5.74, 6) is -0.0318. The first-order valence-electron chi connectivity index (χ1n) is 6.77. The summed E-state index contributed by atoms with van der Waals surface area (Å²) in [4.78, 5) is 13.9. The third kappa shape index (κ3) is 4.06. The van der Waals surface area contributed by atoms with E-state index in [0.717, 1.165) is 12.1 Å². The lowest BCUT2D eigenvalue weighted by Crippen LogP contribution is -2.32. The highest BCUT2D eigenvalue weighted by atomic mass is 35.5. The number of rotatable bonds is 6. The van der Waals surface area contributed by atoms with E-state index in [2.05, 4.69) is 10.4 Å². The number of carbonyl (C=O) groups is 1. The summed E-state index contributed by atoms with van der Waals surface area (Å²) in [6.45, 7) is 1.97. The van der Waals surface area contributed by atoms with Crippen LogP contribution in [0.1, 0.15) is 15.9 Å². The molecule has 0 aliphatic heterocycles. The van der Waals surface area contributed by atoms with Crippen molar-refractivity contribution < 1.29 is 4.79 Å². The van der Waals surface area contributed by atoms with Crippen LogP contribution < -0.4 is 5.32 Å². The van der Waals surface area contributed by atoms with E-state index in [9.17, 15) is 4.79 Å². The lowest BCUT2D eigenvalue weighted by molar-refractivity contribution is 0.0797. The molecular weight excluding hydrogens is 288 g/mol. The average Bonchev–Trinajstić information content (AvgIpc) is 2.95. The fourth-order valence-corrected chi connectivity index (χ4v) is 2.16. The number of amides is 1. The van der Waals surface area contributed by atoms with E-state index < -0.39 is 0 Å². The Morgan fingerprint density at radius 1 is 1.43 bits per heavy atom. The molecule has 6 heteroatoms. The zero-order chi connectivity index (χ0) is 15.2. The van der Waals surface area contributed by atoms with Gasteiger partial charge in [0, 0.05) is 31.4 Å². The molecule has 0 bridgehead atoms. The number of halogens is 1. The predicted octanol–water partition coefficient (Wildman–Crippen LogP) is 1.88. The zero-order valence-electron chi connectivity index (χ0n) is 12.2. The fourth-order valence-electron chi connectivity index (χ4n) is 1.96. The number of nitrogens with one attached hydrogen (secondary N) is 1. The Labute approximate surface area is 129 Å². The van der Waals surface area contributed by atoms with E-state index in [-0.39, 0.29) is 5.91 Å². The van der Waals surface area contributed by atoms with Gasteiger partial charge in [0.1, 0.15) is 0 Å². The second kappa shape index (κ2) is 7.24. The Balaban J connectivity index is 2.04. The smallest absolute Gasteiger partial charge is 0.256 e. The topological polar surface area (TPSA) is 50.2 Å². The highest BCUT2D eigenvalue weighted by Crippen LogP contribution is 2.16. The Morgan fingerprint density at radius 3 is 2.90 bits per heavy atom. The minimum Gasteiger partial charge on any atom is -0.340 e. The summed E-state index contributed by atoms with van der Waals surface area (Å²) < 4.78 is 1.72. The Hall–Kier alpha value is -1.85. The Kier molecular flexibility index (Phi) is 5.36. The second-order valence-electron chi connectivity index (χ2n) is 4.85. The number of likely N-dealkylation sites (N-methyl/N-ethyl adjacent to an activating group) is 2. The van der Waals surface area contributed by atoms with Crippen molar-refractivity contribution in [2.75, 3.05) is 27.2 Å². The first-order valence-corrected chi connectivity index (χ1v) is 7.15. The molecule has 0 aliphatic rings. The molecular formula is C15H19ClN4O. The van der Waals surface area contributed by atoms with E-state index >= 15 is 0 Å². The van der Waals surface area contributed by atoms with Crippen molar-refractivity contribution in [2.24, 2.45) is 0 Å². The number of nitrogens with zero attached hydrogens (tertiary/aromatic N) is 3. The molecule has 0 fully saturated rings. The third-order valence-corrected chi connectivity index (χ3v) is 3.58. The van der Waals surface area contributed by atoms with Gasteiger partial charge in [0.25, 0.3) is 5.91 Å². The Bertz CT molecular complexity index is 611. The lowest BCUT2D eigenvalue weighted by Gasteiger charge is -2.15. The first-order chi connectivity index (χ1) is 10.1. The van der Waals surface area contributed by atoms with Gasteiger partial charge in [0.15, 0.2) is 0 Å². The maximum Gasteiger partial charge on any atom is 0.256 e. The number of benzene rings is 1. The van der Waals surface area contributed by atoms with Crippen molar-refractivity contribution in [3.63, 3.8) is 0 Å². The molecule has 0 saturated heterocycles. The van der Waals surface area contributed by atoms with Crippen LogP contribution in [0.15, 0.2) is 36.7 Å². The number of aromatic nitrogens is 2. The van der Waals surface area contributed by atoms with Gasteiger partial charge < -0.3 is 10.2 Å². The van der Waals surface area contributed by atoms with Crippen LogP contribution in [0.2, 0.25) is 5.02 Å². The quantitative estimate of drug-likeness (QED) is 0.886. The van der Waals surface area contributed by atoms with Gasteiger partial charge in [-0.05, 0) is 18.7 Å². The van der Waals surface area contributed by atoms with Crippen LogP contribution >= 0.6 is 11.6 Å². The first kappa shape index (κ1) is 15.5. The highest BCUT2D eigenvalue weighted by Gasteiger charge is 2.13. The van der Waals surface area contributed by atoms with Gasteiger partial charge in [0.2, 0.25) is 0 Å². The fraction of sp³-hybridized carbons (Fsp3) is 0.333. The summed E-state index contributed by atoms with van der Waals surface area (Å²) in [6, 6.07) is 7.62. The molecule has 0 radical (unpaired) electrons. The molecule has 0 unspecified atom stereocenters. The van der Waals surface area contributed by atoms with Crippen LogP contribution in [0.3, 0.4) is 0 Å². The maximum atomic E-state index is 12.2. The minimum atomic E-state index is -0.0318. The normalized spacial score (nSPS) is 10.6. The SMILES string of the molecule is CNCCN(C)C(=O)c1cnn(Cc2ccccc2Cl)c1. The van der Waals surface area contributed by atoms with E-state index in [0.29, 0.717) is 23.7 Å². The van der Waals surface area contributed by atoms with Crippen molar-refractivity contribution >= 4 is 17.5 Å². The molecule has 1 N–H and O–H groups in total. The van der Waals surface area contributed by atoms with E-state index in [1.165, 1.54) is 0 Å². The van der Waals surface area contributed by atoms with Crippen molar-refractivity contribution in [3.8, 4) is 0 Å². The summed E-state index contributed by atoms with van der Waals surface area (Å²) in [5, 5.41) is 7.95. The van der Waals surface area contributed by atoms with Gasteiger partial charge in [-0.25, -0.2) is 0 Å². The molecule has 1 amide bonds. The molecule has 0 aliphatic carbocycles. The van der Waals surface area contributed by atoms with Gasteiger partial charge in [-0.1, -0.05) is 29.8 Å². The minimum absolute atomic E-state index is 0.0318. The van der Waals surface area contributed by atoms with Crippen LogP contribution in [0, 0.1) is 0 Å². The van der Waals surface area contributed by atoms with Gasteiger partial charge in [-0.15, -0.1) is 0 Å². The molecule has 2 rings (SSSR count). The largest absolute Gasteiger partial charge is 0.340 e. The number of hydrogen-bond donors (Lipinski definition) is 1. The van der Waals surface area contributed by atoms with Crippen LogP contribution in [-0.2, 0) is 6.54 Å². The molecule has 21 heavy (non-hydrogen) atoms. The Morgan fingerprint density at radius 2 is 2.19 bits per heavy atom. The van der Waals surface area contributed by atoms with E-state index in [4.69, 9.17) is 11.6 Å². The van der Waals surface area contributed by atoms with Gasteiger partial charge >= 0.3 is 0 Å². The zero-order valence-corrected chi connectivity index (χ0v) is 13.0. The van der Waals surface area contributed by atoms with Crippen molar-refractivity contribution in [2.45, 2.75) is 6.54 Å². The summed E-state index contributed by atoms with van der Waals surface area (Å²) in [7, 11) is 3.64. The highest BCUT2D eigenvalue weighted by molar-refractivity contribution is 6.31. The molecule has 5 nitrogen and oxygen atoms in total. The molecule has 1 aromatic heterocycles. The molecule has 112 valence electrons. The summed E-state index contributed by atoms with van der Waals surface area (Å²) in [5.41, 5.74) is 1.56. The van der Waals surface area contributed by atoms with E-state index in [1.807, 2.05) is 31.3 Å². The maximum absolute atomic E-state index is 12.2. The molecule has 0 saturated carbocycles. The molecule has 2 aromatic rings. The second-order valence-corrected chi connectivity index (χ2v) is 5.26. The van der Waals surface area contributed by atoms with Crippen LogP contribution in [-0.4, -0.2) is 47.8 Å². The van der Waals surface area contributed by atoms with Crippen molar-refractivity contribution in [3.05, 3.63) is 52.8 Å². The molecule has 0 spiro atoms. The average molecular weight is 307 g/mol.